The van der Waals surface area contributed by atoms with Crippen LogP contribution in [0.1, 0.15) is 28.4 Å². The Labute approximate surface area is 207 Å². The standard InChI is InChI=1S/C28H26FNO6/c1-4-30-14-20(15-31)27(32)25-23(30)13-24(35-16-18-5-9-21(33-2)10-6-18)28(26(25)29)36-17-19-7-11-22(34-3)12-8-19/h5-15H,4,16-17H2,1-3H3. The van der Waals surface area contributed by atoms with Gasteiger partial charge in [0, 0.05) is 18.8 Å². The fourth-order valence-electron chi connectivity index (χ4n) is 3.83. The molecule has 0 bridgehead atoms. The maximum absolute atomic E-state index is 15.9. The first-order valence-electron chi connectivity index (χ1n) is 11.3. The molecule has 36 heavy (non-hydrogen) atoms. The lowest BCUT2D eigenvalue weighted by Gasteiger charge is -2.18. The van der Waals surface area contributed by atoms with E-state index in [1.165, 1.54) is 6.20 Å². The Morgan fingerprint density at radius 1 is 0.889 bits per heavy atom. The first kappa shape index (κ1) is 24.8. The van der Waals surface area contributed by atoms with Crippen molar-refractivity contribution >= 4 is 17.2 Å². The predicted octanol–water partition coefficient (Wildman–Crippen LogP) is 5.15. The lowest BCUT2D eigenvalue weighted by Crippen LogP contribution is -2.16. The van der Waals surface area contributed by atoms with Gasteiger partial charge < -0.3 is 23.5 Å². The van der Waals surface area contributed by atoms with Crippen LogP contribution in [0, 0.1) is 5.82 Å². The smallest absolute Gasteiger partial charge is 0.203 e. The van der Waals surface area contributed by atoms with Gasteiger partial charge in [0.05, 0.1) is 30.7 Å². The number of carbonyl (C=O) groups excluding carboxylic acids is 1. The highest BCUT2D eigenvalue weighted by molar-refractivity contribution is 5.89. The van der Waals surface area contributed by atoms with E-state index in [0.717, 1.165) is 11.1 Å². The molecule has 7 nitrogen and oxygen atoms in total. The van der Waals surface area contributed by atoms with Crippen LogP contribution in [0.5, 0.6) is 23.0 Å². The summed E-state index contributed by atoms with van der Waals surface area (Å²) in [5.41, 5.74) is 1.09. The third-order valence-electron chi connectivity index (χ3n) is 5.82. The minimum atomic E-state index is -0.873. The van der Waals surface area contributed by atoms with Gasteiger partial charge in [-0.3, -0.25) is 9.59 Å². The van der Waals surface area contributed by atoms with E-state index in [0.29, 0.717) is 29.8 Å². The molecule has 186 valence electrons. The molecule has 0 saturated heterocycles. The summed E-state index contributed by atoms with van der Waals surface area (Å²) in [7, 11) is 3.15. The molecule has 0 spiro atoms. The summed E-state index contributed by atoms with van der Waals surface area (Å²) in [5.74, 6) is 0.457. The molecule has 4 aromatic rings. The van der Waals surface area contributed by atoms with Gasteiger partial charge in [-0.05, 0) is 42.3 Å². The minimum absolute atomic E-state index is 0.0284. The molecule has 3 aromatic carbocycles. The van der Waals surface area contributed by atoms with Gasteiger partial charge in [0.2, 0.25) is 5.43 Å². The number of pyridine rings is 1. The Morgan fingerprint density at radius 3 is 1.94 bits per heavy atom. The second-order valence-electron chi connectivity index (χ2n) is 8.00. The molecular weight excluding hydrogens is 465 g/mol. The summed E-state index contributed by atoms with van der Waals surface area (Å²) in [6.45, 7) is 2.42. The molecule has 0 radical (unpaired) electrons. The van der Waals surface area contributed by atoms with Crippen LogP contribution >= 0.6 is 0 Å². The molecule has 0 saturated carbocycles. The number of hydrogen-bond donors (Lipinski definition) is 0. The van der Waals surface area contributed by atoms with Crippen LogP contribution in [0.4, 0.5) is 4.39 Å². The second kappa shape index (κ2) is 10.9. The maximum atomic E-state index is 15.9. The number of aryl methyl sites for hydroxylation is 1. The molecule has 1 aromatic heterocycles. The predicted molar refractivity (Wildman–Crippen MR) is 134 cm³/mol. The Hall–Kier alpha value is -4.33. The van der Waals surface area contributed by atoms with Crippen molar-refractivity contribution in [3.8, 4) is 23.0 Å². The van der Waals surface area contributed by atoms with E-state index >= 15 is 4.39 Å². The monoisotopic (exact) mass is 491 g/mol. The molecule has 4 rings (SSSR count). The fourth-order valence-corrected chi connectivity index (χ4v) is 3.83. The number of aromatic nitrogens is 1. The number of halogens is 1. The van der Waals surface area contributed by atoms with E-state index in [4.69, 9.17) is 18.9 Å². The molecule has 0 fully saturated rings. The Kier molecular flexibility index (Phi) is 7.53. The van der Waals surface area contributed by atoms with Gasteiger partial charge in [-0.15, -0.1) is 0 Å². The zero-order valence-electron chi connectivity index (χ0n) is 20.2. The largest absolute Gasteiger partial charge is 0.497 e. The third-order valence-corrected chi connectivity index (χ3v) is 5.82. The highest BCUT2D eigenvalue weighted by atomic mass is 19.1. The highest BCUT2D eigenvalue weighted by Gasteiger charge is 2.22. The van der Waals surface area contributed by atoms with Gasteiger partial charge in [0.1, 0.15) is 24.7 Å². The van der Waals surface area contributed by atoms with Crippen molar-refractivity contribution in [1.29, 1.82) is 0 Å². The number of aldehydes is 1. The zero-order chi connectivity index (χ0) is 25.7. The van der Waals surface area contributed by atoms with Crippen molar-refractivity contribution in [2.24, 2.45) is 0 Å². The minimum Gasteiger partial charge on any atom is -0.497 e. The lowest BCUT2D eigenvalue weighted by atomic mass is 10.1. The van der Waals surface area contributed by atoms with Crippen LogP contribution in [-0.4, -0.2) is 25.1 Å². The van der Waals surface area contributed by atoms with Crippen LogP contribution in [0.15, 0.2) is 65.6 Å². The van der Waals surface area contributed by atoms with Crippen molar-refractivity contribution in [2.45, 2.75) is 26.7 Å². The van der Waals surface area contributed by atoms with E-state index < -0.39 is 11.2 Å². The molecular formula is C28H26FNO6. The van der Waals surface area contributed by atoms with Crippen LogP contribution in [-0.2, 0) is 19.8 Å². The summed E-state index contributed by atoms with van der Waals surface area (Å²) in [5, 5.41) is -0.219. The summed E-state index contributed by atoms with van der Waals surface area (Å²) in [6.07, 6.45) is 1.85. The molecule has 0 N–H and O–H groups in total. The molecule has 0 aliphatic heterocycles. The Morgan fingerprint density at radius 2 is 1.44 bits per heavy atom. The third kappa shape index (κ3) is 5.02. The number of fused-ring (bicyclic) bond motifs is 1. The van der Waals surface area contributed by atoms with Crippen LogP contribution < -0.4 is 24.4 Å². The van der Waals surface area contributed by atoms with E-state index in [1.54, 1.807) is 61.3 Å². The normalized spacial score (nSPS) is 10.8. The summed E-state index contributed by atoms with van der Waals surface area (Å²) in [6, 6.07) is 16.0. The number of rotatable bonds is 10. The van der Waals surface area contributed by atoms with E-state index in [9.17, 15) is 9.59 Å². The highest BCUT2D eigenvalue weighted by Crippen LogP contribution is 2.37. The van der Waals surface area contributed by atoms with Gasteiger partial charge in [-0.25, -0.2) is 4.39 Å². The SMILES string of the molecule is CCn1cc(C=O)c(=O)c2c(F)c(OCc3ccc(OC)cc3)c(OCc3ccc(OC)cc3)cc21. The van der Waals surface area contributed by atoms with Crippen LogP contribution in [0.2, 0.25) is 0 Å². The van der Waals surface area contributed by atoms with Crippen LogP contribution in [0.3, 0.4) is 0 Å². The van der Waals surface area contributed by atoms with E-state index in [2.05, 4.69) is 0 Å². The van der Waals surface area contributed by atoms with Crippen molar-refractivity contribution in [3.05, 3.63) is 93.5 Å². The molecule has 1 heterocycles. The van der Waals surface area contributed by atoms with Crippen molar-refractivity contribution in [2.75, 3.05) is 14.2 Å². The average Bonchev–Trinajstić information content (AvgIpc) is 2.92. The van der Waals surface area contributed by atoms with Gasteiger partial charge in [0.15, 0.2) is 23.6 Å². The van der Waals surface area contributed by atoms with Gasteiger partial charge in [-0.1, -0.05) is 24.3 Å². The van der Waals surface area contributed by atoms with Crippen molar-refractivity contribution < 1.29 is 28.1 Å². The van der Waals surface area contributed by atoms with Gasteiger partial charge >= 0.3 is 0 Å². The number of carbonyl (C=O) groups is 1. The zero-order valence-corrected chi connectivity index (χ0v) is 20.2. The summed E-state index contributed by atoms with van der Waals surface area (Å²) >= 11 is 0. The lowest BCUT2D eigenvalue weighted by molar-refractivity contribution is 0.112. The van der Waals surface area contributed by atoms with Crippen molar-refractivity contribution in [3.63, 3.8) is 0 Å². The number of nitrogens with zero attached hydrogens (tertiary/aromatic N) is 1. The molecule has 0 unspecified atom stereocenters. The molecule has 0 aliphatic carbocycles. The second-order valence-corrected chi connectivity index (χ2v) is 8.00. The average molecular weight is 492 g/mol. The molecule has 0 aliphatic rings. The molecule has 0 atom stereocenters. The van der Waals surface area contributed by atoms with Gasteiger partial charge in [-0.2, -0.15) is 0 Å². The quantitative estimate of drug-likeness (QED) is 0.286. The maximum Gasteiger partial charge on any atom is 0.203 e. The van der Waals surface area contributed by atoms with Crippen molar-refractivity contribution in [1.82, 2.24) is 4.57 Å². The number of hydrogen-bond acceptors (Lipinski definition) is 6. The Balaban J connectivity index is 1.77. The Bertz CT molecular complexity index is 1430. The number of benzene rings is 3. The molecule has 8 heteroatoms. The fraction of sp³-hybridized carbons (Fsp3) is 0.214. The van der Waals surface area contributed by atoms with E-state index in [1.807, 2.05) is 19.1 Å². The summed E-state index contributed by atoms with van der Waals surface area (Å²) in [4.78, 5) is 24.3. The summed E-state index contributed by atoms with van der Waals surface area (Å²) < 4.78 is 39.7. The van der Waals surface area contributed by atoms with Crippen LogP contribution in [0.25, 0.3) is 10.9 Å². The number of methoxy groups -OCH3 is 2. The topological polar surface area (TPSA) is 76.0 Å². The first-order valence-corrected chi connectivity index (χ1v) is 11.3. The molecule has 0 amide bonds. The van der Waals surface area contributed by atoms with Gasteiger partial charge in [0.25, 0.3) is 0 Å². The number of ether oxygens (including phenoxy) is 4. The first-order chi connectivity index (χ1) is 17.5. The van der Waals surface area contributed by atoms with E-state index in [-0.39, 0.29) is 35.7 Å².